The van der Waals surface area contributed by atoms with Crippen LogP contribution in [0.2, 0.25) is 10.0 Å². The normalized spacial score (nSPS) is 14.6. The fourth-order valence-electron chi connectivity index (χ4n) is 3.38. The second-order valence-electron chi connectivity index (χ2n) is 8.74. The molecule has 160 valence electrons. The average Bonchev–Trinajstić information content (AvgIpc) is 2.69. The summed E-state index contributed by atoms with van der Waals surface area (Å²) in [7, 11) is 0. The lowest BCUT2D eigenvalue weighted by Crippen LogP contribution is -2.49. The first kappa shape index (κ1) is 22.4. The van der Waals surface area contributed by atoms with E-state index in [4.69, 9.17) is 23.2 Å². The number of carbonyl (C=O) groups is 2. The van der Waals surface area contributed by atoms with Crippen LogP contribution < -0.4 is 10.2 Å². The van der Waals surface area contributed by atoms with E-state index >= 15 is 0 Å². The number of hydrogen-bond donors (Lipinski definition) is 1. The Morgan fingerprint density at radius 3 is 2.13 bits per heavy atom. The molecular weight excluding hydrogens is 421 g/mol. The summed E-state index contributed by atoms with van der Waals surface area (Å²) in [5.74, 6) is -0.0187. The Bertz CT molecular complexity index is 915. The van der Waals surface area contributed by atoms with Crippen molar-refractivity contribution in [1.29, 1.82) is 0 Å². The van der Waals surface area contributed by atoms with E-state index in [0.29, 0.717) is 27.7 Å². The highest BCUT2D eigenvalue weighted by Crippen LogP contribution is 2.25. The van der Waals surface area contributed by atoms with Crippen molar-refractivity contribution in [2.24, 2.45) is 5.41 Å². The van der Waals surface area contributed by atoms with Crippen molar-refractivity contribution in [3.8, 4) is 0 Å². The average molecular weight is 448 g/mol. The molecule has 1 heterocycles. The van der Waals surface area contributed by atoms with Gasteiger partial charge in [0.1, 0.15) is 0 Å². The first-order chi connectivity index (χ1) is 14.1. The van der Waals surface area contributed by atoms with Gasteiger partial charge in [-0.3, -0.25) is 9.59 Å². The molecule has 0 bridgehead atoms. The first-order valence-electron chi connectivity index (χ1n) is 10.0. The van der Waals surface area contributed by atoms with Crippen molar-refractivity contribution >= 4 is 46.4 Å². The number of hydrogen-bond acceptors (Lipinski definition) is 3. The van der Waals surface area contributed by atoms with E-state index in [1.807, 2.05) is 29.2 Å². The van der Waals surface area contributed by atoms with Crippen LogP contribution in [0.4, 0.5) is 11.4 Å². The second-order valence-corrected chi connectivity index (χ2v) is 9.55. The molecule has 0 aliphatic carbocycles. The van der Waals surface area contributed by atoms with Gasteiger partial charge < -0.3 is 15.1 Å². The number of piperazine rings is 1. The Labute approximate surface area is 187 Å². The van der Waals surface area contributed by atoms with Crippen LogP contribution in [0.15, 0.2) is 42.5 Å². The minimum absolute atomic E-state index is 0.00578. The van der Waals surface area contributed by atoms with Crippen molar-refractivity contribution in [3.63, 3.8) is 0 Å². The summed E-state index contributed by atoms with van der Waals surface area (Å²) in [6.07, 6.45) is 0.570. The SMILES string of the molecule is CC(C)(C)CC(=O)N1CCN(c2ccc(NC(=O)c3ccc(Cl)c(Cl)c3)cc2)CC1. The van der Waals surface area contributed by atoms with Crippen LogP contribution in [-0.4, -0.2) is 42.9 Å². The highest BCUT2D eigenvalue weighted by molar-refractivity contribution is 6.42. The molecule has 3 rings (SSSR count). The Hall–Kier alpha value is -2.24. The predicted molar refractivity (Wildman–Crippen MR) is 124 cm³/mol. The summed E-state index contributed by atoms with van der Waals surface area (Å²) in [5.41, 5.74) is 2.23. The van der Waals surface area contributed by atoms with Crippen LogP contribution in [0.5, 0.6) is 0 Å². The highest BCUT2D eigenvalue weighted by atomic mass is 35.5. The van der Waals surface area contributed by atoms with Crippen molar-refractivity contribution in [2.75, 3.05) is 36.4 Å². The standard InChI is InChI=1S/C23H27Cl2N3O2/c1-23(2,3)15-21(29)28-12-10-27(11-13-28)18-7-5-17(6-8-18)26-22(30)16-4-9-19(24)20(25)14-16/h4-9,14H,10-13,15H2,1-3H3,(H,26,30). The quantitative estimate of drug-likeness (QED) is 0.688. The molecule has 30 heavy (non-hydrogen) atoms. The largest absolute Gasteiger partial charge is 0.368 e. The van der Waals surface area contributed by atoms with Gasteiger partial charge in [0.05, 0.1) is 10.0 Å². The third kappa shape index (κ3) is 5.89. The molecule has 0 radical (unpaired) electrons. The molecule has 0 unspecified atom stereocenters. The number of carbonyl (C=O) groups excluding carboxylic acids is 2. The summed E-state index contributed by atoms with van der Waals surface area (Å²) in [6.45, 7) is 9.31. The molecule has 0 aromatic heterocycles. The zero-order chi connectivity index (χ0) is 21.9. The number of benzene rings is 2. The van der Waals surface area contributed by atoms with E-state index in [2.05, 4.69) is 31.0 Å². The second kappa shape index (κ2) is 9.27. The van der Waals surface area contributed by atoms with Gasteiger partial charge in [-0.1, -0.05) is 44.0 Å². The molecule has 1 N–H and O–H groups in total. The van der Waals surface area contributed by atoms with E-state index in [1.54, 1.807) is 18.2 Å². The monoisotopic (exact) mass is 447 g/mol. The van der Waals surface area contributed by atoms with Gasteiger partial charge in [-0.2, -0.15) is 0 Å². The van der Waals surface area contributed by atoms with Gasteiger partial charge >= 0.3 is 0 Å². The molecule has 0 spiro atoms. The summed E-state index contributed by atoms with van der Waals surface area (Å²) in [6, 6.07) is 12.5. The van der Waals surface area contributed by atoms with Crippen LogP contribution in [0.1, 0.15) is 37.6 Å². The van der Waals surface area contributed by atoms with E-state index < -0.39 is 0 Å². The van der Waals surface area contributed by atoms with Gasteiger partial charge in [0, 0.05) is 49.5 Å². The molecule has 0 atom stereocenters. The van der Waals surface area contributed by atoms with Gasteiger partial charge in [0.25, 0.3) is 5.91 Å². The van der Waals surface area contributed by atoms with Crippen molar-refractivity contribution < 1.29 is 9.59 Å². The van der Waals surface area contributed by atoms with E-state index in [1.165, 1.54) is 0 Å². The zero-order valence-corrected chi connectivity index (χ0v) is 19.1. The summed E-state index contributed by atoms with van der Waals surface area (Å²) < 4.78 is 0. The molecule has 2 aromatic rings. The Balaban J connectivity index is 1.55. The molecule has 5 nitrogen and oxygen atoms in total. The van der Waals surface area contributed by atoms with E-state index in [-0.39, 0.29) is 17.2 Å². The molecule has 7 heteroatoms. The maximum Gasteiger partial charge on any atom is 0.255 e. The summed E-state index contributed by atoms with van der Waals surface area (Å²) in [4.78, 5) is 29.0. The fraction of sp³-hybridized carbons (Fsp3) is 0.391. The zero-order valence-electron chi connectivity index (χ0n) is 17.5. The molecule has 1 aliphatic rings. The van der Waals surface area contributed by atoms with Crippen molar-refractivity contribution in [1.82, 2.24) is 4.90 Å². The molecule has 1 fully saturated rings. The van der Waals surface area contributed by atoms with Gasteiger partial charge in [-0.05, 0) is 47.9 Å². The van der Waals surface area contributed by atoms with Gasteiger partial charge in [-0.25, -0.2) is 0 Å². The molecule has 2 aromatic carbocycles. The van der Waals surface area contributed by atoms with Crippen LogP contribution >= 0.6 is 23.2 Å². The Kier molecular flexibility index (Phi) is 6.94. The van der Waals surface area contributed by atoms with E-state index in [9.17, 15) is 9.59 Å². The van der Waals surface area contributed by atoms with Crippen LogP contribution in [0.25, 0.3) is 0 Å². The Morgan fingerprint density at radius 2 is 1.57 bits per heavy atom. The van der Waals surface area contributed by atoms with E-state index in [0.717, 1.165) is 31.9 Å². The lowest BCUT2D eigenvalue weighted by molar-refractivity contribution is -0.133. The third-order valence-corrected chi connectivity index (χ3v) is 5.73. The maximum atomic E-state index is 12.4. The van der Waals surface area contributed by atoms with Crippen LogP contribution in [-0.2, 0) is 4.79 Å². The smallest absolute Gasteiger partial charge is 0.255 e. The molecule has 1 aliphatic heterocycles. The lowest BCUT2D eigenvalue weighted by atomic mass is 9.91. The highest BCUT2D eigenvalue weighted by Gasteiger charge is 2.25. The lowest BCUT2D eigenvalue weighted by Gasteiger charge is -2.37. The molecule has 1 saturated heterocycles. The summed E-state index contributed by atoms with van der Waals surface area (Å²) >= 11 is 11.9. The van der Waals surface area contributed by atoms with Gasteiger partial charge in [0.15, 0.2) is 0 Å². The third-order valence-electron chi connectivity index (χ3n) is 4.99. The number of halogens is 2. The minimum atomic E-state index is -0.243. The number of nitrogens with one attached hydrogen (secondary N) is 1. The molecule has 0 saturated carbocycles. The fourth-order valence-corrected chi connectivity index (χ4v) is 3.67. The van der Waals surface area contributed by atoms with Gasteiger partial charge in [-0.15, -0.1) is 0 Å². The first-order valence-corrected chi connectivity index (χ1v) is 10.8. The van der Waals surface area contributed by atoms with Crippen LogP contribution in [0, 0.1) is 5.41 Å². The topological polar surface area (TPSA) is 52.7 Å². The number of rotatable bonds is 4. The van der Waals surface area contributed by atoms with Crippen molar-refractivity contribution in [2.45, 2.75) is 27.2 Å². The number of anilines is 2. The molecule has 2 amide bonds. The number of nitrogens with zero attached hydrogens (tertiary/aromatic N) is 2. The Morgan fingerprint density at radius 1 is 0.933 bits per heavy atom. The van der Waals surface area contributed by atoms with Crippen molar-refractivity contribution in [3.05, 3.63) is 58.1 Å². The molecular formula is C23H27Cl2N3O2. The predicted octanol–water partition coefficient (Wildman–Crippen LogP) is 5.33. The summed E-state index contributed by atoms with van der Waals surface area (Å²) in [5, 5.41) is 3.63. The van der Waals surface area contributed by atoms with Crippen LogP contribution in [0.3, 0.4) is 0 Å². The number of amides is 2. The van der Waals surface area contributed by atoms with Gasteiger partial charge in [0.2, 0.25) is 5.91 Å². The maximum absolute atomic E-state index is 12.4. The minimum Gasteiger partial charge on any atom is -0.368 e.